The van der Waals surface area contributed by atoms with Crippen LogP contribution in [0.3, 0.4) is 0 Å². The van der Waals surface area contributed by atoms with E-state index in [1.165, 1.54) is 4.90 Å². The summed E-state index contributed by atoms with van der Waals surface area (Å²) in [5, 5.41) is 2.93. The molecule has 4 aromatic carbocycles. The molecule has 0 unspecified atom stereocenters. The van der Waals surface area contributed by atoms with Gasteiger partial charge in [-0.15, -0.1) is 0 Å². The van der Waals surface area contributed by atoms with Gasteiger partial charge in [-0.2, -0.15) is 0 Å². The zero-order chi connectivity index (χ0) is 22.3. The van der Waals surface area contributed by atoms with Gasteiger partial charge in [-0.3, -0.25) is 14.5 Å². The molecule has 32 heavy (non-hydrogen) atoms. The molecule has 0 aliphatic heterocycles. The number of nitrogens with one attached hydrogen (secondary N) is 1. The van der Waals surface area contributed by atoms with Gasteiger partial charge in [0.25, 0.3) is 0 Å². The third kappa shape index (κ3) is 4.68. The molecule has 0 aliphatic rings. The van der Waals surface area contributed by atoms with Crippen molar-refractivity contribution in [3.8, 4) is 0 Å². The number of para-hydroxylation sites is 1. The van der Waals surface area contributed by atoms with Crippen molar-refractivity contribution in [3.05, 3.63) is 126 Å². The van der Waals surface area contributed by atoms with Crippen molar-refractivity contribution in [3.63, 3.8) is 0 Å². The number of benzene rings is 4. The first kappa shape index (κ1) is 20.9. The molecule has 0 radical (unpaired) electrons. The average Bonchev–Trinajstić information content (AvgIpc) is 2.85. The number of hydrogen-bond donors (Lipinski definition) is 2. The molecule has 0 spiro atoms. The highest BCUT2D eigenvalue weighted by atomic mass is 16.2. The number of rotatable bonds is 5. The second-order valence-corrected chi connectivity index (χ2v) is 7.30. The normalized spacial score (nSPS) is 10.5. The zero-order valence-electron chi connectivity index (χ0n) is 17.4. The van der Waals surface area contributed by atoms with Gasteiger partial charge in [0, 0.05) is 17.1 Å². The van der Waals surface area contributed by atoms with Crippen molar-refractivity contribution in [2.24, 2.45) is 0 Å². The number of nitrogens with zero attached hydrogens (tertiary/aromatic N) is 1. The quantitative estimate of drug-likeness (QED) is 0.358. The lowest BCUT2D eigenvalue weighted by atomic mass is 9.98. The molecule has 0 saturated heterocycles. The van der Waals surface area contributed by atoms with E-state index >= 15 is 0 Å². The smallest absolute Gasteiger partial charge is 0.320 e. The monoisotopic (exact) mass is 421 g/mol. The second kappa shape index (κ2) is 9.62. The lowest BCUT2D eigenvalue weighted by Crippen LogP contribution is -2.42. The minimum Gasteiger partial charge on any atom is -0.399 e. The van der Waals surface area contributed by atoms with Crippen LogP contribution in [0.1, 0.15) is 17.2 Å². The van der Waals surface area contributed by atoms with E-state index in [-0.39, 0.29) is 0 Å². The number of amides is 2. The molecular formula is C27H23N3O2. The number of carbonyl (C=O) groups is 2. The summed E-state index contributed by atoms with van der Waals surface area (Å²) in [5.74, 6) is -1.39. The van der Waals surface area contributed by atoms with Crippen molar-refractivity contribution in [2.45, 2.75) is 6.04 Å². The van der Waals surface area contributed by atoms with E-state index in [2.05, 4.69) is 5.32 Å². The van der Waals surface area contributed by atoms with Crippen LogP contribution in [0.4, 0.5) is 17.1 Å². The fraction of sp³-hybridized carbons (Fsp3) is 0.0370. The maximum Gasteiger partial charge on any atom is 0.320 e. The molecule has 4 rings (SSSR count). The first-order valence-corrected chi connectivity index (χ1v) is 10.3. The highest BCUT2D eigenvalue weighted by Crippen LogP contribution is 2.27. The molecule has 2 amide bonds. The Balaban J connectivity index is 1.67. The highest BCUT2D eigenvalue weighted by Gasteiger charge is 2.28. The summed E-state index contributed by atoms with van der Waals surface area (Å²) in [6, 6.07) is 34.6. The summed E-state index contributed by atoms with van der Waals surface area (Å²) >= 11 is 0. The number of carbonyl (C=O) groups excluding carboxylic acids is 2. The molecule has 5 nitrogen and oxygen atoms in total. The number of nitrogen functional groups attached to an aromatic ring is 1. The Morgan fingerprint density at radius 3 is 1.56 bits per heavy atom. The predicted octanol–water partition coefficient (Wildman–Crippen LogP) is 4.84. The van der Waals surface area contributed by atoms with Crippen LogP contribution in [0.2, 0.25) is 0 Å². The number of nitrogens with two attached hydrogens (primary N) is 1. The van der Waals surface area contributed by atoms with Crippen LogP contribution >= 0.6 is 0 Å². The van der Waals surface area contributed by atoms with Gasteiger partial charge in [-0.1, -0.05) is 78.9 Å². The fourth-order valence-electron chi connectivity index (χ4n) is 3.53. The third-order valence-electron chi connectivity index (χ3n) is 5.10. The fourth-order valence-corrected chi connectivity index (χ4v) is 3.53. The van der Waals surface area contributed by atoms with E-state index in [9.17, 15) is 9.59 Å². The topological polar surface area (TPSA) is 75.4 Å². The molecule has 158 valence electrons. The van der Waals surface area contributed by atoms with Crippen molar-refractivity contribution < 1.29 is 9.59 Å². The number of hydrogen-bond acceptors (Lipinski definition) is 3. The molecule has 0 heterocycles. The molecule has 0 atom stereocenters. The largest absolute Gasteiger partial charge is 0.399 e. The Hall–Kier alpha value is -4.38. The van der Waals surface area contributed by atoms with Gasteiger partial charge in [0.1, 0.15) is 0 Å². The molecule has 0 aliphatic carbocycles. The van der Waals surface area contributed by atoms with Crippen LogP contribution in [0.25, 0.3) is 0 Å². The lowest BCUT2D eigenvalue weighted by Gasteiger charge is -2.25. The van der Waals surface area contributed by atoms with Crippen molar-refractivity contribution in [2.75, 3.05) is 10.6 Å². The molecule has 3 N–H and O–H groups in total. The van der Waals surface area contributed by atoms with Crippen LogP contribution < -0.4 is 16.0 Å². The number of anilines is 3. The van der Waals surface area contributed by atoms with Crippen LogP contribution in [0.15, 0.2) is 115 Å². The van der Waals surface area contributed by atoms with Gasteiger partial charge in [0.2, 0.25) is 0 Å². The second-order valence-electron chi connectivity index (χ2n) is 7.30. The van der Waals surface area contributed by atoms with E-state index in [0.29, 0.717) is 17.1 Å². The maximum absolute atomic E-state index is 13.4. The summed E-state index contributed by atoms with van der Waals surface area (Å²) in [5.41, 5.74) is 9.31. The van der Waals surface area contributed by atoms with Crippen LogP contribution in [0.5, 0.6) is 0 Å². The SMILES string of the molecule is Nc1ccc(N(C(=O)C(=O)NC(c2ccccc2)c2ccccc2)c2ccccc2)cc1. The van der Waals surface area contributed by atoms with E-state index in [1.54, 1.807) is 36.4 Å². The van der Waals surface area contributed by atoms with Crippen LogP contribution in [-0.4, -0.2) is 11.8 Å². The average molecular weight is 422 g/mol. The Bertz CT molecular complexity index is 1140. The Labute approximate surface area is 187 Å². The van der Waals surface area contributed by atoms with Gasteiger partial charge in [0.05, 0.1) is 6.04 Å². The first-order valence-electron chi connectivity index (χ1n) is 10.3. The molecule has 0 aromatic heterocycles. The minimum atomic E-state index is -0.705. The summed E-state index contributed by atoms with van der Waals surface area (Å²) in [6.07, 6.45) is 0. The summed E-state index contributed by atoms with van der Waals surface area (Å²) in [7, 11) is 0. The van der Waals surface area contributed by atoms with E-state index in [4.69, 9.17) is 5.73 Å². The van der Waals surface area contributed by atoms with Crippen molar-refractivity contribution in [1.82, 2.24) is 5.32 Å². The molecule has 0 saturated carbocycles. The van der Waals surface area contributed by atoms with Crippen molar-refractivity contribution >= 4 is 28.9 Å². The lowest BCUT2D eigenvalue weighted by molar-refractivity contribution is -0.137. The maximum atomic E-state index is 13.4. The van der Waals surface area contributed by atoms with Gasteiger partial charge in [-0.25, -0.2) is 0 Å². The van der Waals surface area contributed by atoms with Crippen molar-refractivity contribution in [1.29, 1.82) is 0 Å². The molecule has 4 aromatic rings. The molecule has 0 bridgehead atoms. The Morgan fingerprint density at radius 1 is 0.625 bits per heavy atom. The van der Waals surface area contributed by atoms with E-state index < -0.39 is 17.9 Å². The van der Waals surface area contributed by atoms with Gasteiger partial charge in [-0.05, 0) is 47.5 Å². The molecular weight excluding hydrogens is 398 g/mol. The summed E-state index contributed by atoms with van der Waals surface area (Å²) < 4.78 is 0. The van der Waals surface area contributed by atoms with Crippen LogP contribution in [-0.2, 0) is 9.59 Å². The molecule has 0 fully saturated rings. The van der Waals surface area contributed by atoms with Gasteiger partial charge < -0.3 is 11.1 Å². The minimum absolute atomic E-state index is 0.460. The zero-order valence-corrected chi connectivity index (χ0v) is 17.4. The van der Waals surface area contributed by atoms with E-state index in [0.717, 1.165) is 11.1 Å². The Morgan fingerprint density at radius 2 is 1.06 bits per heavy atom. The molecule has 5 heteroatoms. The standard InChI is InChI=1S/C27H23N3O2/c28-22-16-18-24(19-17-22)30(23-14-8-3-9-15-23)27(32)26(31)29-25(20-10-4-1-5-11-20)21-12-6-2-7-13-21/h1-19,25H,28H2,(H,29,31). The van der Waals surface area contributed by atoms with Gasteiger partial charge >= 0.3 is 11.8 Å². The predicted molar refractivity (Wildman–Crippen MR) is 127 cm³/mol. The highest BCUT2D eigenvalue weighted by molar-refractivity contribution is 6.42. The van der Waals surface area contributed by atoms with Crippen LogP contribution in [0, 0.1) is 0 Å². The Kier molecular flexibility index (Phi) is 6.28. The first-order chi connectivity index (χ1) is 15.6. The van der Waals surface area contributed by atoms with Gasteiger partial charge in [0.15, 0.2) is 0 Å². The summed E-state index contributed by atoms with van der Waals surface area (Å²) in [4.78, 5) is 28.0. The summed E-state index contributed by atoms with van der Waals surface area (Å²) in [6.45, 7) is 0. The van der Waals surface area contributed by atoms with E-state index in [1.807, 2.05) is 78.9 Å². The third-order valence-corrected chi connectivity index (χ3v) is 5.10.